The van der Waals surface area contributed by atoms with Crippen molar-refractivity contribution in [3.63, 3.8) is 0 Å². The van der Waals surface area contributed by atoms with Crippen LogP contribution in [0, 0.1) is 0 Å². The van der Waals surface area contributed by atoms with Crippen LogP contribution < -0.4 is 5.32 Å². The first-order chi connectivity index (χ1) is 8.79. The quantitative estimate of drug-likeness (QED) is 0.847. The first kappa shape index (κ1) is 12.6. The van der Waals surface area contributed by atoms with E-state index in [0.29, 0.717) is 5.92 Å². The Labute approximate surface area is 109 Å². The van der Waals surface area contributed by atoms with Gasteiger partial charge in [0.15, 0.2) is 0 Å². The summed E-state index contributed by atoms with van der Waals surface area (Å²) >= 11 is 0. The summed E-state index contributed by atoms with van der Waals surface area (Å²) in [7, 11) is 0. The van der Waals surface area contributed by atoms with E-state index in [4.69, 9.17) is 0 Å². The highest BCUT2D eigenvalue weighted by Gasteiger charge is 2.02. The summed E-state index contributed by atoms with van der Waals surface area (Å²) in [5.41, 5.74) is 3.76. The van der Waals surface area contributed by atoms with Crippen LogP contribution in [0.1, 0.15) is 37.3 Å². The Morgan fingerprint density at radius 3 is 2.56 bits per heavy atom. The molecule has 2 heteroatoms. The molecule has 0 saturated heterocycles. The van der Waals surface area contributed by atoms with Crippen LogP contribution in [0.3, 0.4) is 0 Å². The first-order valence-corrected chi connectivity index (χ1v) is 6.52. The molecule has 0 aliphatic heterocycles. The Balaban J connectivity index is 1.94. The number of rotatable bonds is 5. The molecule has 0 aliphatic rings. The van der Waals surface area contributed by atoms with Gasteiger partial charge in [0.1, 0.15) is 0 Å². The fourth-order valence-corrected chi connectivity index (χ4v) is 1.87. The molecule has 1 unspecified atom stereocenters. The van der Waals surface area contributed by atoms with Gasteiger partial charge in [0.05, 0.1) is 0 Å². The van der Waals surface area contributed by atoms with Gasteiger partial charge >= 0.3 is 0 Å². The predicted molar refractivity (Wildman–Crippen MR) is 76.7 cm³/mol. The van der Waals surface area contributed by atoms with Gasteiger partial charge in [-0.1, -0.05) is 32.0 Å². The van der Waals surface area contributed by atoms with Crippen LogP contribution >= 0.6 is 0 Å². The highest BCUT2D eigenvalue weighted by molar-refractivity contribution is 5.45. The van der Waals surface area contributed by atoms with Crippen molar-refractivity contribution < 1.29 is 0 Å². The molecule has 1 N–H and O–H groups in total. The van der Waals surface area contributed by atoms with Crippen LogP contribution in [0.5, 0.6) is 0 Å². The van der Waals surface area contributed by atoms with Gasteiger partial charge in [-0.05, 0) is 41.7 Å². The van der Waals surface area contributed by atoms with Gasteiger partial charge in [0.25, 0.3) is 0 Å². The summed E-state index contributed by atoms with van der Waals surface area (Å²) in [6.45, 7) is 5.30. The van der Waals surface area contributed by atoms with Crippen molar-refractivity contribution in [2.24, 2.45) is 0 Å². The minimum atomic E-state index is 0.636. The largest absolute Gasteiger partial charge is 0.381 e. The molecule has 0 aliphatic carbocycles. The first-order valence-electron chi connectivity index (χ1n) is 6.52. The number of nitrogens with one attached hydrogen (secondary N) is 1. The van der Waals surface area contributed by atoms with E-state index >= 15 is 0 Å². The summed E-state index contributed by atoms with van der Waals surface area (Å²) in [6, 6.07) is 12.8. The van der Waals surface area contributed by atoms with Gasteiger partial charge in [-0.25, -0.2) is 0 Å². The standard InChI is InChI=1S/C16H20N2/c1-3-13(2)15-6-8-16(9-7-15)18-12-14-5-4-10-17-11-14/h4-11,13,18H,3,12H2,1-2H3. The van der Waals surface area contributed by atoms with E-state index in [1.807, 2.05) is 12.3 Å². The molecule has 0 bridgehead atoms. The summed E-state index contributed by atoms with van der Waals surface area (Å²) in [5.74, 6) is 0.636. The molecule has 94 valence electrons. The van der Waals surface area contributed by atoms with Crippen LogP contribution in [0.2, 0.25) is 0 Å². The topological polar surface area (TPSA) is 24.9 Å². The second-order valence-electron chi connectivity index (χ2n) is 4.65. The lowest BCUT2D eigenvalue weighted by Gasteiger charge is -2.11. The lowest BCUT2D eigenvalue weighted by Crippen LogP contribution is -2.00. The SMILES string of the molecule is CCC(C)c1ccc(NCc2cccnc2)cc1. The Morgan fingerprint density at radius 2 is 1.94 bits per heavy atom. The highest BCUT2D eigenvalue weighted by atomic mass is 14.9. The number of nitrogens with zero attached hydrogens (tertiary/aromatic N) is 1. The number of benzene rings is 1. The van der Waals surface area contributed by atoms with Crippen molar-refractivity contribution in [2.75, 3.05) is 5.32 Å². The van der Waals surface area contributed by atoms with Gasteiger partial charge < -0.3 is 5.32 Å². The predicted octanol–water partition coefficient (Wildman–Crippen LogP) is 4.21. The number of hydrogen-bond donors (Lipinski definition) is 1. The molecule has 18 heavy (non-hydrogen) atoms. The summed E-state index contributed by atoms with van der Waals surface area (Å²) < 4.78 is 0. The molecule has 2 aromatic rings. The van der Waals surface area contributed by atoms with Crippen LogP contribution in [-0.4, -0.2) is 4.98 Å². The van der Waals surface area contributed by atoms with Crippen molar-refractivity contribution >= 4 is 5.69 Å². The lowest BCUT2D eigenvalue weighted by atomic mass is 9.99. The van der Waals surface area contributed by atoms with E-state index in [1.165, 1.54) is 17.5 Å². The molecule has 0 fully saturated rings. The van der Waals surface area contributed by atoms with Crippen LogP contribution in [0.4, 0.5) is 5.69 Å². The second kappa shape index (κ2) is 6.20. The fraction of sp³-hybridized carbons (Fsp3) is 0.312. The molecule has 2 nitrogen and oxygen atoms in total. The maximum Gasteiger partial charge on any atom is 0.0416 e. The lowest BCUT2D eigenvalue weighted by molar-refractivity contribution is 0.734. The zero-order chi connectivity index (χ0) is 12.8. The molecule has 1 aromatic heterocycles. The third kappa shape index (κ3) is 3.33. The minimum Gasteiger partial charge on any atom is -0.381 e. The Kier molecular flexibility index (Phi) is 4.35. The molecule has 0 saturated carbocycles. The number of aromatic nitrogens is 1. The highest BCUT2D eigenvalue weighted by Crippen LogP contribution is 2.20. The zero-order valence-electron chi connectivity index (χ0n) is 11.1. The minimum absolute atomic E-state index is 0.636. The van der Waals surface area contributed by atoms with Gasteiger partial charge in [0, 0.05) is 24.6 Å². The Morgan fingerprint density at radius 1 is 1.17 bits per heavy atom. The van der Waals surface area contributed by atoms with Gasteiger partial charge in [-0.3, -0.25) is 4.98 Å². The molecule has 1 heterocycles. The smallest absolute Gasteiger partial charge is 0.0416 e. The van der Waals surface area contributed by atoms with E-state index in [9.17, 15) is 0 Å². The number of pyridine rings is 1. The fourth-order valence-electron chi connectivity index (χ4n) is 1.87. The van der Waals surface area contributed by atoms with E-state index in [1.54, 1.807) is 6.20 Å². The molecule has 0 amide bonds. The Bertz CT molecular complexity index is 462. The monoisotopic (exact) mass is 240 g/mol. The molecular formula is C16H20N2. The van der Waals surface area contributed by atoms with Crippen LogP contribution in [0.25, 0.3) is 0 Å². The molecule has 0 radical (unpaired) electrons. The molecular weight excluding hydrogens is 220 g/mol. The molecule has 0 spiro atoms. The second-order valence-corrected chi connectivity index (χ2v) is 4.65. The van der Waals surface area contributed by atoms with E-state index in [2.05, 4.69) is 54.5 Å². The zero-order valence-corrected chi connectivity index (χ0v) is 11.1. The van der Waals surface area contributed by atoms with Gasteiger partial charge in [-0.15, -0.1) is 0 Å². The number of anilines is 1. The molecule has 1 atom stereocenters. The third-order valence-electron chi connectivity index (χ3n) is 3.31. The number of hydrogen-bond acceptors (Lipinski definition) is 2. The van der Waals surface area contributed by atoms with Gasteiger partial charge in [-0.2, -0.15) is 0 Å². The summed E-state index contributed by atoms with van der Waals surface area (Å²) in [6.07, 6.45) is 4.87. The van der Waals surface area contributed by atoms with Crippen molar-refractivity contribution in [2.45, 2.75) is 32.7 Å². The van der Waals surface area contributed by atoms with Gasteiger partial charge in [0.2, 0.25) is 0 Å². The average Bonchev–Trinajstić information content (AvgIpc) is 2.46. The van der Waals surface area contributed by atoms with Crippen molar-refractivity contribution in [3.8, 4) is 0 Å². The van der Waals surface area contributed by atoms with Crippen molar-refractivity contribution in [1.82, 2.24) is 4.98 Å². The van der Waals surface area contributed by atoms with Crippen molar-refractivity contribution in [1.29, 1.82) is 0 Å². The van der Waals surface area contributed by atoms with E-state index < -0.39 is 0 Å². The van der Waals surface area contributed by atoms with Crippen LogP contribution in [0.15, 0.2) is 48.8 Å². The summed E-state index contributed by atoms with van der Waals surface area (Å²) in [5, 5.41) is 3.41. The molecule has 1 aromatic carbocycles. The van der Waals surface area contributed by atoms with Crippen LogP contribution in [-0.2, 0) is 6.54 Å². The third-order valence-corrected chi connectivity index (χ3v) is 3.31. The summed E-state index contributed by atoms with van der Waals surface area (Å²) in [4.78, 5) is 4.11. The van der Waals surface area contributed by atoms with Crippen molar-refractivity contribution in [3.05, 3.63) is 59.9 Å². The van der Waals surface area contributed by atoms with E-state index in [-0.39, 0.29) is 0 Å². The Hall–Kier alpha value is -1.83. The average molecular weight is 240 g/mol. The van der Waals surface area contributed by atoms with E-state index in [0.717, 1.165) is 12.2 Å². The normalized spacial score (nSPS) is 12.1. The molecule has 2 rings (SSSR count). The maximum atomic E-state index is 4.11. The maximum absolute atomic E-state index is 4.11.